The second kappa shape index (κ2) is 3.76. The minimum Gasteiger partial charge on any atom is -0.507 e. The first-order valence-corrected chi connectivity index (χ1v) is 3.75. The molecule has 0 heterocycles. The van der Waals surface area contributed by atoms with Gasteiger partial charge in [-0.2, -0.15) is 5.10 Å². The van der Waals surface area contributed by atoms with Crippen LogP contribution < -0.4 is 5.43 Å². The van der Waals surface area contributed by atoms with Gasteiger partial charge in [0.25, 0.3) is 0 Å². The molecule has 1 aromatic rings. The van der Waals surface area contributed by atoms with Crippen molar-refractivity contribution < 1.29 is 5.11 Å². The fraction of sp³-hybridized carbons (Fsp3) is 0.222. The van der Waals surface area contributed by atoms with E-state index >= 15 is 0 Å². The van der Waals surface area contributed by atoms with E-state index in [-0.39, 0.29) is 5.75 Å². The lowest BCUT2D eigenvalue weighted by atomic mass is 10.1. The van der Waals surface area contributed by atoms with Crippen LogP contribution in [0.15, 0.2) is 29.4 Å². The van der Waals surface area contributed by atoms with Crippen LogP contribution in [0.25, 0.3) is 0 Å². The molecule has 0 aromatic heterocycles. The highest BCUT2D eigenvalue weighted by Crippen LogP contribution is 2.15. The van der Waals surface area contributed by atoms with Crippen LogP contribution in [0, 0.1) is 0 Å². The largest absolute Gasteiger partial charge is 0.507 e. The lowest BCUT2D eigenvalue weighted by Gasteiger charge is -2.02. The topological polar surface area (TPSA) is 44.6 Å². The first-order chi connectivity index (χ1) is 5.75. The molecule has 0 spiro atoms. The minimum absolute atomic E-state index is 0.258. The van der Waals surface area contributed by atoms with Gasteiger partial charge in [0.05, 0.1) is 5.71 Å². The minimum atomic E-state index is 0.258. The van der Waals surface area contributed by atoms with E-state index in [2.05, 4.69) is 10.5 Å². The van der Waals surface area contributed by atoms with Gasteiger partial charge in [-0.05, 0) is 19.1 Å². The molecule has 3 nitrogen and oxygen atoms in total. The Morgan fingerprint density at radius 1 is 1.42 bits per heavy atom. The Morgan fingerprint density at radius 2 is 2.08 bits per heavy atom. The standard InChI is InChI=1S/C9H12N2O/c1-7(11-10-2)8-5-3-4-6-9(8)12/h3-6,10,12H,1-2H3/b11-7+. The summed E-state index contributed by atoms with van der Waals surface area (Å²) >= 11 is 0. The Kier molecular flexibility index (Phi) is 2.69. The fourth-order valence-electron chi connectivity index (χ4n) is 1.01. The van der Waals surface area contributed by atoms with Crippen molar-refractivity contribution in [3.8, 4) is 5.75 Å². The normalized spacial score (nSPS) is 11.3. The van der Waals surface area contributed by atoms with Crippen molar-refractivity contribution >= 4 is 5.71 Å². The quantitative estimate of drug-likeness (QED) is 0.511. The van der Waals surface area contributed by atoms with Gasteiger partial charge in [-0.3, -0.25) is 0 Å². The van der Waals surface area contributed by atoms with E-state index in [4.69, 9.17) is 0 Å². The van der Waals surface area contributed by atoms with Crippen LogP contribution in [0.4, 0.5) is 0 Å². The van der Waals surface area contributed by atoms with E-state index in [0.717, 1.165) is 11.3 Å². The Hall–Kier alpha value is -1.51. The monoisotopic (exact) mass is 164 g/mol. The summed E-state index contributed by atoms with van der Waals surface area (Å²) in [6, 6.07) is 7.12. The molecule has 0 radical (unpaired) electrons. The second-order valence-corrected chi connectivity index (χ2v) is 2.44. The molecule has 12 heavy (non-hydrogen) atoms. The average molecular weight is 164 g/mol. The van der Waals surface area contributed by atoms with Gasteiger partial charge < -0.3 is 10.5 Å². The average Bonchev–Trinajstić information content (AvgIpc) is 2.05. The van der Waals surface area contributed by atoms with Crippen molar-refractivity contribution in [3.63, 3.8) is 0 Å². The molecule has 0 amide bonds. The SMILES string of the molecule is CN/N=C(\C)c1ccccc1O. The van der Waals surface area contributed by atoms with Crippen LogP contribution in [-0.4, -0.2) is 17.9 Å². The van der Waals surface area contributed by atoms with Gasteiger partial charge in [0, 0.05) is 12.6 Å². The molecular formula is C9H12N2O. The zero-order valence-corrected chi connectivity index (χ0v) is 7.20. The maximum Gasteiger partial charge on any atom is 0.124 e. The van der Waals surface area contributed by atoms with E-state index in [0.29, 0.717) is 0 Å². The number of hydrazone groups is 1. The highest BCUT2D eigenvalue weighted by atomic mass is 16.3. The van der Waals surface area contributed by atoms with Crippen molar-refractivity contribution in [2.75, 3.05) is 7.05 Å². The number of nitrogens with one attached hydrogen (secondary N) is 1. The third kappa shape index (κ3) is 1.75. The number of phenolic OH excluding ortho intramolecular Hbond substituents is 1. The number of phenols is 1. The first kappa shape index (κ1) is 8.59. The number of nitrogens with zero attached hydrogens (tertiary/aromatic N) is 1. The summed E-state index contributed by atoms with van der Waals surface area (Å²) in [5, 5.41) is 13.4. The molecule has 0 saturated heterocycles. The molecule has 3 heteroatoms. The van der Waals surface area contributed by atoms with E-state index in [1.54, 1.807) is 19.2 Å². The summed E-state index contributed by atoms with van der Waals surface area (Å²) in [7, 11) is 1.73. The van der Waals surface area contributed by atoms with Gasteiger partial charge in [0.2, 0.25) is 0 Å². The third-order valence-electron chi connectivity index (χ3n) is 1.57. The van der Waals surface area contributed by atoms with Crippen LogP contribution in [0.1, 0.15) is 12.5 Å². The van der Waals surface area contributed by atoms with Gasteiger partial charge in [0.15, 0.2) is 0 Å². The van der Waals surface area contributed by atoms with Gasteiger partial charge >= 0.3 is 0 Å². The second-order valence-electron chi connectivity index (χ2n) is 2.44. The maximum absolute atomic E-state index is 9.40. The van der Waals surface area contributed by atoms with E-state index in [1.165, 1.54) is 0 Å². The van der Waals surface area contributed by atoms with E-state index in [1.807, 2.05) is 19.1 Å². The summed E-state index contributed by atoms with van der Waals surface area (Å²) in [4.78, 5) is 0. The number of rotatable bonds is 2. The van der Waals surface area contributed by atoms with Crippen molar-refractivity contribution in [3.05, 3.63) is 29.8 Å². The summed E-state index contributed by atoms with van der Waals surface area (Å²) < 4.78 is 0. The molecule has 0 atom stereocenters. The molecular weight excluding hydrogens is 152 g/mol. The van der Waals surface area contributed by atoms with Gasteiger partial charge in [0.1, 0.15) is 5.75 Å². The van der Waals surface area contributed by atoms with Gasteiger partial charge in [-0.1, -0.05) is 12.1 Å². The molecule has 0 bridgehead atoms. The molecule has 0 unspecified atom stereocenters. The Morgan fingerprint density at radius 3 is 2.67 bits per heavy atom. The highest BCUT2D eigenvalue weighted by molar-refractivity contribution is 6.00. The number of hydrogen-bond acceptors (Lipinski definition) is 3. The number of para-hydroxylation sites is 1. The predicted octanol–water partition coefficient (Wildman–Crippen LogP) is 1.34. The summed E-state index contributed by atoms with van der Waals surface area (Å²) in [5.41, 5.74) is 4.20. The summed E-state index contributed by atoms with van der Waals surface area (Å²) in [6.07, 6.45) is 0. The molecule has 0 aliphatic rings. The lowest BCUT2D eigenvalue weighted by Crippen LogP contribution is -2.03. The Bertz CT molecular complexity index is 294. The molecule has 1 rings (SSSR count). The smallest absolute Gasteiger partial charge is 0.124 e. The molecule has 1 aromatic carbocycles. The molecule has 0 saturated carbocycles. The van der Waals surface area contributed by atoms with Crippen LogP contribution >= 0.6 is 0 Å². The van der Waals surface area contributed by atoms with Crippen LogP contribution in [0.5, 0.6) is 5.75 Å². The molecule has 0 aliphatic carbocycles. The van der Waals surface area contributed by atoms with E-state index < -0.39 is 0 Å². The van der Waals surface area contributed by atoms with Crippen molar-refractivity contribution in [1.82, 2.24) is 5.43 Å². The van der Waals surface area contributed by atoms with Crippen LogP contribution in [0.2, 0.25) is 0 Å². The Balaban J connectivity index is 3.02. The summed E-state index contributed by atoms with van der Waals surface area (Å²) in [5.74, 6) is 0.258. The van der Waals surface area contributed by atoms with Crippen molar-refractivity contribution in [2.45, 2.75) is 6.92 Å². The zero-order chi connectivity index (χ0) is 8.97. The van der Waals surface area contributed by atoms with Crippen molar-refractivity contribution in [2.24, 2.45) is 5.10 Å². The fourth-order valence-corrected chi connectivity index (χ4v) is 1.01. The van der Waals surface area contributed by atoms with E-state index in [9.17, 15) is 5.11 Å². The molecule has 0 fully saturated rings. The van der Waals surface area contributed by atoms with Crippen LogP contribution in [0.3, 0.4) is 0 Å². The highest BCUT2D eigenvalue weighted by Gasteiger charge is 2.01. The first-order valence-electron chi connectivity index (χ1n) is 3.75. The van der Waals surface area contributed by atoms with Crippen molar-refractivity contribution in [1.29, 1.82) is 0 Å². The predicted molar refractivity (Wildman–Crippen MR) is 49.4 cm³/mol. The summed E-state index contributed by atoms with van der Waals surface area (Å²) in [6.45, 7) is 1.84. The number of hydrogen-bond donors (Lipinski definition) is 2. The number of benzene rings is 1. The molecule has 0 aliphatic heterocycles. The number of aromatic hydroxyl groups is 1. The maximum atomic E-state index is 9.40. The van der Waals surface area contributed by atoms with Crippen LogP contribution in [-0.2, 0) is 0 Å². The molecule has 2 N–H and O–H groups in total. The third-order valence-corrected chi connectivity index (χ3v) is 1.57. The Labute approximate surface area is 71.7 Å². The lowest BCUT2D eigenvalue weighted by molar-refractivity contribution is 0.474. The molecule has 64 valence electrons. The zero-order valence-electron chi connectivity index (χ0n) is 7.20. The van der Waals surface area contributed by atoms with Gasteiger partial charge in [-0.15, -0.1) is 0 Å². The van der Waals surface area contributed by atoms with Gasteiger partial charge in [-0.25, -0.2) is 0 Å².